The Bertz CT molecular complexity index is 1250. The number of thioether (sulfide) groups is 1. The van der Waals surface area contributed by atoms with E-state index < -0.39 is 68.1 Å². The van der Waals surface area contributed by atoms with Crippen molar-refractivity contribution in [2.75, 3.05) is 19.3 Å². The van der Waals surface area contributed by atoms with Gasteiger partial charge < -0.3 is 36.4 Å². The van der Waals surface area contributed by atoms with Crippen LogP contribution in [-0.4, -0.2) is 105 Å². The second kappa shape index (κ2) is 12.4. The molecule has 1 unspecified atom stereocenters. The standard InChI is InChI=1S/C21H25N5O8S2.Na.2H2O/c1-21(2)14(18(29)30)26-16(28)13(17(26)35-21)22-15(27)12(11-7-5-4-6-8-11)23-19(31)24-9-10-25(20(24)32)36(3,33)34;;;/h4-8,12-14,17H,9-10H2,1-3H3,(H,22,27)(H,23,31)(H,29,30);;2*1H2/q;+1;;/p-1/t12-,13-,14?,17-;;;/m1.../s1. The van der Waals surface area contributed by atoms with Crippen molar-refractivity contribution in [2.45, 2.75) is 42.1 Å². The molecule has 4 rings (SSSR count). The number of benzene rings is 1. The van der Waals surface area contributed by atoms with Gasteiger partial charge in [0.25, 0.3) is 0 Å². The predicted molar refractivity (Wildman–Crippen MR) is 132 cm³/mol. The summed E-state index contributed by atoms with van der Waals surface area (Å²) in [4.78, 5) is 64.8. The minimum atomic E-state index is -3.87. The fourth-order valence-electron chi connectivity index (χ4n) is 4.52. The number of carboxylic acids is 1. The Labute approximate surface area is 250 Å². The summed E-state index contributed by atoms with van der Waals surface area (Å²) < 4.78 is 23.2. The molecule has 210 valence electrons. The van der Waals surface area contributed by atoms with E-state index in [-0.39, 0.29) is 53.6 Å². The first-order valence-corrected chi connectivity index (χ1v) is 13.6. The van der Waals surface area contributed by atoms with Crippen molar-refractivity contribution < 1.29 is 78.0 Å². The number of amides is 6. The molecule has 39 heavy (non-hydrogen) atoms. The van der Waals surface area contributed by atoms with Gasteiger partial charge in [-0.15, -0.1) is 11.8 Å². The number of nitrogens with zero attached hydrogens (tertiary/aromatic N) is 3. The molecule has 6 amide bonds. The third-order valence-electron chi connectivity index (χ3n) is 6.24. The number of hydrogen-bond donors (Lipinski definition) is 2. The number of carbonyl (C=O) groups is 5. The van der Waals surface area contributed by atoms with Crippen LogP contribution in [0.3, 0.4) is 0 Å². The van der Waals surface area contributed by atoms with E-state index >= 15 is 0 Å². The third-order valence-corrected chi connectivity index (χ3v) is 8.95. The summed E-state index contributed by atoms with van der Waals surface area (Å²) in [6, 6.07) is 2.56. The molecule has 3 heterocycles. The Morgan fingerprint density at radius 1 is 1.10 bits per heavy atom. The van der Waals surface area contributed by atoms with E-state index in [1.54, 1.807) is 44.2 Å². The summed E-state index contributed by atoms with van der Waals surface area (Å²) in [6.45, 7) is 2.92. The van der Waals surface area contributed by atoms with Crippen molar-refractivity contribution in [1.29, 1.82) is 0 Å². The number of β-lactam (4-membered cyclic amide) rings is 1. The summed E-state index contributed by atoms with van der Waals surface area (Å²) in [6.07, 6.45) is 0.846. The van der Waals surface area contributed by atoms with Crippen molar-refractivity contribution >= 4 is 51.6 Å². The summed E-state index contributed by atoms with van der Waals surface area (Å²) in [7, 11) is -3.87. The average molecular weight is 598 g/mol. The first-order chi connectivity index (χ1) is 16.7. The van der Waals surface area contributed by atoms with Gasteiger partial charge in [-0.2, -0.15) is 0 Å². The van der Waals surface area contributed by atoms with Crippen LogP contribution < -0.4 is 45.3 Å². The number of imide groups is 1. The van der Waals surface area contributed by atoms with Gasteiger partial charge in [0.1, 0.15) is 17.5 Å². The smallest absolute Gasteiger partial charge is 0.548 e. The van der Waals surface area contributed by atoms with Crippen LogP contribution in [0.2, 0.25) is 0 Å². The molecule has 3 aliphatic heterocycles. The van der Waals surface area contributed by atoms with E-state index in [2.05, 4.69) is 10.6 Å². The van der Waals surface area contributed by atoms with E-state index in [1.807, 2.05) is 0 Å². The van der Waals surface area contributed by atoms with E-state index in [4.69, 9.17) is 0 Å². The van der Waals surface area contributed by atoms with E-state index in [1.165, 1.54) is 16.7 Å². The fraction of sp³-hybridized carbons (Fsp3) is 0.476. The summed E-state index contributed by atoms with van der Waals surface area (Å²) in [5.41, 5.74) is 0.352. The molecule has 4 atom stereocenters. The van der Waals surface area contributed by atoms with Gasteiger partial charge in [0.2, 0.25) is 21.8 Å². The molecule has 0 saturated carbocycles. The molecule has 6 N–H and O–H groups in total. The quantitative estimate of drug-likeness (QED) is 0.234. The molecule has 18 heteroatoms. The Balaban J connectivity index is 0.00000253. The molecule has 1 aromatic carbocycles. The number of nitrogens with one attached hydrogen (secondary N) is 2. The van der Waals surface area contributed by atoms with Crippen molar-refractivity contribution in [1.82, 2.24) is 24.7 Å². The maximum Gasteiger partial charge on any atom is 1.00 e. The maximum atomic E-state index is 13.3. The van der Waals surface area contributed by atoms with Crippen LogP contribution >= 0.6 is 11.8 Å². The second-order valence-electron chi connectivity index (χ2n) is 9.13. The molecule has 0 aliphatic carbocycles. The average Bonchev–Trinajstić information content (AvgIpc) is 3.31. The van der Waals surface area contributed by atoms with Crippen LogP contribution in [0.5, 0.6) is 0 Å². The molecule has 3 aliphatic rings. The molecular formula is C21H28N5NaO10S2. The Kier molecular flexibility index (Phi) is 11.0. The van der Waals surface area contributed by atoms with Gasteiger partial charge in [-0.1, -0.05) is 30.3 Å². The first kappa shape index (κ1) is 34.6. The van der Waals surface area contributed by atoms with Crippen LogP contribution in [0.1, 0.15) is 25.5 Å². The minimum absolute atomic E-state index is 0. The maximum absolute atomic E-state index is 13.3. The molecule has 15 nitrogen and oxygen atoms in total. The van der Waals surface area contributed by atoms with E-state index in [0.717, 1.165) is 6.26 Å². The molecule has 0 radical (unpaired) electrons. The zero-order valence-corrected chi connectivity index (χ0v) is 25.2. The minimum Gasteiger partial charge on any atom is -0.548 e. The number of carbonyl (C=O) groups excluding carboxylic acids is 5. The van der Waals surface area contributed by atoms with Gasteiger partial charge in [0.15, 0.2) is 0 Å². The summed E-state index contributed by atoms with van der Waals surface area (Å²) in [5.74, 6) is -2.73. The van der Waals surface area contributed by atoms with Gasteiger partial charge >= 0.3 is 41.6 Å². The van der Waals surface area contributed by atoms with Crippen molar-refractivity contribution in [3.63, 3.8) is 0 Å². The zero-order valence-electron chi connectivity index (χ0n) is 21.5. The second-order valence-corrected chi connectivity index (χ2v) is 12.8. The third kappa shape index (κ3) is 6.34. The van der Waals surface area contributed by atoms with E-state index in [9.17, 15) is 37.5 Å². The monoisotopic (exact) mass is 597 g/mol. The Morgan fingerprint density at radius 2 is 1.69 bits per heavy atom. The summed E-state index contributed by atoms with van der Waals surface area (Å²) >= 11 is 1.22. The van der Waals surface area contributed by atoms with Crippen LogP contribution in [0.4, 0.5) is 9.59 Å². The largest absolute Gasteiger partial charge is 1.00 e. The number of sulfonamides is 1. The number of carboxylic acid groups (broad SMARTS) is 1. The molecule has 0 bridgehead atoms. The van der Waals surface area contributed by atoms with Crippen molar-refractivity contribution in [3.05, 3.63) is 35.9 Å². The molecule has 1 aromatic rings. The number of rotatable bonds is 6. The fourth-order valence-corrected chi connectivity index (χ4v) is 6.94. The number of hydrogen-bond acceptors (Lipinski definition) is 9. The molecule has 0 aromatic heterocycles. The number of fused-ring (bicyclic) bond motifs is 1. The van der Waals surface area contributed by atoms with Crippen LogP contribution in [0.15, 0.2) is 30.3 Å². The van der Waals surface area contributed by atoms with Crippen LogP contribution in [0.25, 0.3) is 0 Å². The van der Waals surface area contributed by atoms with Crippen molar-refractivity contribution in [3.8, 4) is 0 Å². The Morgan fingerprint density at radius 3 is 2.21 bits per heavy atom. The first-order valence-electron chi connectivity index (χ1n) is 10.9. The molecule has 3 saturated heterocycles. The number of urea groups is 2. The topological polar surface area (TPSA) is 239 Å². The van der Waals surface area contributed by atoms with Gasteiger partial charge in [-0.25, -0.2) is 27.2 Å². The zero-order chi connectivity index (χ0) is 26.6. The normalized spacial score (nSPS) is 23.8. The molecular weight excluding hydrogens is 569 g/mol. The molecule has 3 fully saturated rings. The van der Waals surface area contributed by atoms with Crippen LogP contribution in [0, 0.1) is 0 Å². The van der Waals surface area contributed by atoms with Gasteiger partial charge in [0, 0.05) is 4.75 Å². The van der Waals surface area contributed by atoms with Gasteiger partial charge in [-0.05, 0) is 19.4 Å². The molecule has 0 spiro atoms. The van der Waals surface area contributed by atoms with Gasteiger partial charge in [0.05, 0.1) is 31.4 Å². The predicted octanol–water partition coefficient (Wildman–Crippen LogP) is -6.21. The van der Waals surface area contributed by atoms with Gasteiger partial charge in [-0.3, -0.25) is 9.59 Å². The van der Waals surface area contributed by atoms with E-state index in [0.29, 0.717) is 14.8 Å². The Hall–Kier alpha value is -2.41. The number of aliphatic carboxylic acids is 1. The van der Waals surface area contributed by atoms with Crippen LogP contribution in [-0.2, 0) is 24.4 Å². The summed E-state index contributed by atoms with van der Waals surface area (Å²) in [5, 5.41) is 16.0. The van der Waals surface area contributed by atoms with Crippen molar-refractivity contribution in [2.24, 2.45) is 0 Å². The SMILES string of the molecule is CC1(C)S[C@@H]2[C@H](NC(=O)[C@H](NC(=O)N3CCN(S(C)(=O)=O)C3=O)c3ccccc3)C(=O)N2C1C(=O)[O-].O.O.[Na+].